The molecule has 2 aromatic rings. The number of piperidine rings is 1. The van der Waals surface area contributed by atoms with Crippen LogP contribution in [-0.2, 0) is 9.53 Å². The third-order valence-corrected chi connectivity index (χ3v) is 4.95. The van der Waals surface area contributed by atoms with E-state index in [2.05, 4.69) is 35.2 Å². The van der Waals surface area contributed by atoms with Gasteiger partial charge in [-0.3, -0.25) is 4.79 Å². The number of likely N-dealkylation sites (tertiary alicyclic amines) is 1. The average molecular weight is 365 g/mol. The van der Waals surface area contributed by atoms with E-state index < -0.39 is 5.97 Å². The summed E-state index contributed by atoms with van der Waals surface area (Å²) in [4.78, 5) is 13.4. The molecule has 2 aromatic carbocycles. The van der Waals surface area contributed by atoms with Crippen molar-refractivity contribution in [3.8, 4) is 0 Å². The minimum atomic E-state index is -0.683. The number of ether oxygens (including phenoxy) is 1. The molecule has 0 aliphatic carbocycles. The van der Waals surface area contributed by atoms with Crippen LogP contribution < -0.4 is 0 Å². The number of carbonyl (C=O) groups is 1. The fourth-order valence-electron chi connectivity index (χ4n) is 3.45. The highest BCUT2D eigenvalue weighted by atomic mass is 16.5. The average Bonchev–Trinajstić information content (AvgIpc) is 2.72. The van der Waals surface area contributed by atoms with Gasteiger partial charge in [0.25, 0.3) is 0 Å². The van der Waals surface area contributed by atoms with Crippen molar-refractivity contribution >= 4 is 17.6 Å². The molecule has 1 aliphatic rings. The van der Waals surface area contributed by atoms with Crippen molar-refractivity contribution in [2.45, 2.75) is 12.8 Å². The van der Waals surface area contributed by atoms with Gasteiger partial charge in [-0.15, -0.1) is 0 Å². The van der Waals surface area contributed by atoms with E-state index in [9.17, 15) is 9.90 Å². The van der Waals surface area contributed by atoms with E-state index >= 15 is 0 Å². The summed E-state index contributed by atoms with van der Waals surface area (Å²) in [5.74, 6) is -0.922. The molecule has 27 heavy (non-hydrogen) atoms. The lowest BCUT2D eigenvalue weighted by Gasteiger charge is -2.30. The van der Waals surface area contributed by atoms with Crippen molar-refractivity contribution in [1.29, 1.82) is 0 Å². The molecule has 1 aliphatic heterocycles. The second kappa shape index (κ2) is 10.0. The molecular weight excluding hydrogens is 338 g/mol. The molecule has 1 atom stereocenters. The number of carboxylic acids is 1. The molecule has 0 unspecified atom stereocenters. The number of hydrogen-bond acceptors (Lipinski definition) is 3. The molecule has 4 heteroatoms. The maximum absolute atomic E-state index is 11.2. The first-order valence-corrected chi connectivity index (χ1v) is 9.56. The zero-order chi connectivity index (χ0) is 18.9. The van der Waals surface area contributed by atoms with Crippen LogP contribution in [0.1, 0.15) is 24.0 Å². The monoisotopic (exact) mass is 365 g/mol. The first-order valence-electron chi connectivity index (χ1n) is 9.56. The van der Waals surface area contributed by atoms with Crippen molar-refractivity contribution in [3.05, 3.63) is 71.8 Å². The van der Waals surface area contributed by atoms with Crippen LogP contribution in [0.25, 0.3) is 11.6 Å². The number of carboxylic acid groups (broad SMARTS) is 1. The van der Waals surface area contributed by atoms with Crippen molar-refractivity contribution < 1.29 is 14.6 Å². The third kappa shape index (κ3) is 6.05. The van der Waals surface area contributed by atoms with Gasteiger partial charge >= 0.3 is 5.97 Å². The molecule has 3 rings (SSSR count). The second-order valence-electron chi connectivity index (χ2n) is 6.98. The van der Waals surface area contributed by atoms with Crippen molar-refractivity contribution in [2.75, 3.05) is 32.8 Å². The normalized spacial score (nSPS) is 18.4. The van der Waals surface area contributed by atoms with Gasteiger partial charge in [-0.2, -0.15) is 0 Å². The molecule has 0 radical (unpaired) electrons. The third-order valence-electron chi connectivity index (χ3n) is 4.95. The minimum absolute atomic E-state index is 0.239. The Bertz CT molecular complexity index is 743. The van der Waals surface area contributed by atoms with Crippen LogP contribution in [0.5, 0.6) is 0 Å². The van der Waals surface area contributed by atoms with Crippen molar-refractivity contribution in [2.24, 2.45) is 5.92 Å². The number of rotatable bonds is 8. The highest BCUT2D eigenvalue weighted by molar-refractivity contribution is 5.82. The van der Waals surface area contributed by atoms with Gasteiger partial charge in [0.05, 0.1) is 19.1 Å². The molecule has 1 N–H and O–H groups in total. The van der Waals surface area contributed by atoms with E-state index in [0.29, 0.717) is 19.8 Å². The fraction of sp³-hybridized carbons (Fsp3) is 0.348. The first-order chi connectivity index (χ1) is 13.2. The lowest BCUT2D eigenvalue weighted by Crippen LogP contribution is -2.40. The smallest absolute Gasteiger partial charge is 0.307 e. The number of benzene rings is 2. The Morgan fingerprint density at radius 3 is 2.52 bits per heavy atom. The molecule has 0 amide bonds. The van der Waals surface area contributed by atoms with E-state index in [1.165, 1.54) is 0 Å². The molecule has 0 saturated carbocycles. The van der Waals surface area contributed by atoms with Crippen LogP contribution in [0, 0.1) is 5.92 Å². The molecular formula is C23H27NO3. The van der Waals surface area contributed by atoms with E-state index in [4.69, 9.17) is 4.74 Å². The molecule has 0 spiro atoms. The Morgan fingerprint density at radius 2 is 1.81 bits per heavy atom. The van der Waals surface area contributed by atoms with Gasteiger partial charge in [-0.05, 0) is 42.2 Å². The maximum atomic E-state index is 11.2. The van der Waals surface area contributed by atoms with Gasteiger partial charge < -0.3 is 14.7 Å². The standard InChI is InChI=1S/C23H27NO3/c25-23(26)21-12-7-13-24(17-21)14-15-27-18-22(20-10-5-2-6-11-20)16-19-8-3-1-4-9-19/h1-6,8-11,16,21H,7,12-15,17-18H2,(H,25,26)/b22-16+/t21-/m1/s1. The van der Waals surface area contributed by atoms with E-state index in [1.807, 2.05) is 36.4 Å². The lowest BCUT2D eigenvalue weighted by atomic mass is 9.98. The van der Waals surface area contributed by atoms with Gasteiger partial charge in [0.1, 0.15) is 0 Å². The summed E-state index contributed by atoms with van der Waals surface area (Å²) in [7, 11) is 0. The van der Waals surface area contributed by atoms with E-state index in [0.717, 1.165) is 42.6 Å². The van der Waals surface area contributed by atoms with Gasteiger partial charge in [0, 0.05) is 13.1 Å². The van der Waals surface area contributed by atoms with Gasteiger partial charge in [-0.1, -0.05) is 60.7 Å². The highest BCUT2D eigenvalue weighted by Crippen LogP contribution is 2.19. The van der Waals surface area contributed by atoms with Crippen LogP contribution >= 0.6 is 0 Å². The SMILES string of the molecule is O=C(O)[C@@H]1CCCN(CCOC/C(=C\c2ccccc2)c2ccccc2)C1. The molecule has 142 valence electrons. The quantitative estimate of drug-likeness (QED) is 0.567. The second-order valence-corrected chi connectivity index (χ2v) is 6.98. The summed E-state index contributed by atoms with van der Waals surface area (Å²) in [6.07, 6.45) is 3.89. The van der Waals surface area contributed by atoms with Gasteiger partial charge in [-0.25, -0.2) is 0 Å². The predicted octanol–water partition coefficient (Wildman–Crippen LogP) is 4.04. The minimum Gasteiger partial charge on any atom is -0.481 e. The molecule has 1 heterocycles. The number of hydrogen-bond donors (Lipinski definition) is 1. The van der Waals surface area contributed by atoms with Crippen LogP contribution in [-0.4, -0.2) is 48.8 Å². The van der Waals surface area contributed by atoms with Crippen molar-refractivity contribution in [1.82, 2.24) is 4.90 Å². The summed E-state index contributed by atoms with van der Waals surface area (Å²) in [6.45, 7) is 3.50. The maximum Gasteiger partial charge on any atom is 0.307 e. The molecule has 0 aromatic heterocycles. The molecule has 1 saturated heterocycles. The Balaban J connectivity index is 1.56. The number of nitrogens with zero attached hydrogens (tertiary/aromatic N) is 1. The Kier molecular flexibility index (Phi) is 7.19. The van der Waals surface area contributed by atoms with E-state index in [1.54, 1.807) is 0 Å². The Labute approximate surface area is 161 Å². The Hall–Kier alpha value is -2.43. The zero-order valence-electron chi connectivity index (χ0n) is 15.6. The predicted molar refractivity (Wildman–Crippen MR) is 108 cm³/mol. The summed E-state index contributed by atoms with van der Waals surface area (Å²) in [6, 6.07) is 20.5. The zero-order valence-corrected chi connectivity index (χ0v) is 15.6. The molecule has 1 fully saturated rings. The van der Waals surface area contributed by atoms with E-state index in [-0.39, 0.29) is 5.92 Å². The molecule has 4 nitrogen and oxygen atoms in total. The number of aliphatic carboxylic acids is 1. The molecule has 0 bridgehead atoms. The van der Waals surface area contributed by atoms with Gasteiger partial charge in [0.2, 0.25) is 0 Å². The van der Waals surface area contributed by atoms with Crippen LogP contribution in [0.3, 0.4) is 0 Å². The summed E-state index contributed by atoms with van der Waals surface area (Å²) < 4.78 is 5.96. The Morgan fingerprint density at radius 1 is 1.11 bits per heavy atom. The fourth-order valence-corrected chi connectivity index (χ4v) is 3.45. The summed E-state index contributed by atoms with van der Waals surface area (Å²) >= 11 is 0. The van der Waals surface area contributed by atoms with Gasteiger partial charge in [0.15, 0.2) is 0 Å². The largest absolute Gasteiger partial charge is 0.481 e. The first kappa shape index (κ1) is 19.3. The van der Waals surface area contributed by atoms with Crippen LogP contribution in [0.2, 0.25) is 0 Å². The van der Waals surface area contributed by atoms with Crippen molar-refractivity contribution in [3.63, 3.8) is 0 Å². The highest BCUT2D eigenvalue weighted by Gasteiger charge is 2.24. The van der Waals surface area contributed by atoms with Crippen LogP contribution in [0.4, 0.5) is 0 Å². The van der Waals surface area contributed by atoms with Crippen LogP contribution in [0.15, 0.2) is 60.7 Å². The lowest BCUT2D eigenvalue weighted by molar-refractivity contribution is -0.143. The summed E-state index contributed by atoms with van der Waals surface area (Å²) in [5, 5.41) is 9.20. The summed E-state index contributed by atoms with van der Waals surface area (Å²) in [5.41, 5.74) is 3.45. The topological polar surface area (TPSA) is 49.8 Å².